The summed E-state index contributed by atoms with van der Waals surface area (Å²) in [7, 11) is 0. The molecular weight excluding hydrogens is 410 g/mol. The van der Waals surface area contributed by atoms with Crippen LogP contribution in [0.5, 0.6) is 11.5 Å². The topological polar surface area (TPSA) is 84.9 Å². The Morgan fingerprint density at radius 2 is 1.84 bits per heavy atom. The Labute approximate surface area is 177 Å². The van der Waals surface area contributed by atoms with Gasteiger partial charge < -0.3 is 14.8 Å². The molecule has 0 saturated carbocycles. The van der Waals surface area contributed by atoms with E-state index in [4.69, 9.17) is 4.74 Å². The Bertz CT molecular complexity index is 1010. The number of ketones is 1. The van der Waals surface area contributed by atoms with Gasteiger partial charge in [0.1, 0.15) is 17.0 Å². The zero-order valence-corrected chi connectivity index (χ0v) is 17.3. The van der Waals surface area contributed by atoms with Gasteiger partial charge in [-0.1, -0.05) is 12.1 Å². The molecule has 7 nitrogen and oxygen atoms in total. The number of carbonyl (C=O) groups excluding carboxylic acids is 3. The van der Waals surface area contributed by atoms with Crippen molar-refractivity contribution in [2.24, 2.45) is 0 Å². The van der Waals surface area contributed by atoms with Crippen LogP contribution in [-0.2, 0) is 16.9 Å². The third kappa shape index (κ3) is 4.50. The molecule has 9 heteroatoms. The molecule has 1 saturated heterocycles. The van der Waals surface area contributed by atoms with Gasteiger partial charge in [-0.25, -0.2) is 4.79 Å². The lowest BCUT2D eigenvalue weighted by molar-refractivity contribution is -0.131. The Morgan fingerprint density at radius 1 is 1.16 bits per heavy atom. The van der Waals surface area contributed by atoms with Gasteiger partial charge in [-0.15, -0.1) is 0 Å². The summed E-state index contributed by atoms with van der Waals surface area (Å²) in [6.07, 6.45) is 0. The maximum Gasteiger partial charge on any atom is 0.387 e. The van der Waals surface area contributed by atoms with Gasteiger partial charge in [-0.2, -0.15) is 8.78 Å². The Hall–Kier alpha value is -3.49. The SMILES string of the molecule is CCOc1ccc(C(C)=O)cc1CN1C(=O)N[C@@](C)(c2ccc(OC(F)F)cc2)C1=O. The van der Waals surface area contributed by atoms with E-state index in [0.29, 0.717) is 29.0 Å². The molecule has 1 N–H and O–H groups in total. The van der Waals surface area contributed by atoms with Crippen LogP contribution < -0.4 is 14.8 Å². The first kappa shape index (κ1) is 22.2. The largest absolute Gasteiger partial charge is 0.494 e. The summed E-state index contributed by atoms with van der Waals surface area (Å²) in [6, 6.07) is 9.74. The van der Waals surface area contributed by atoms with E-state index in [1.54, 1.807) is 25.1 Å². The van der Waals surface area contributed by atoms with Crippen LogP contribution in [0.1, 0.15) is 42.3 Å². The first-order chi connectivity index (χ1) is 14.7. The molecular formula is C22H22F2N2O5. The normalized spacial score (nSPS) is 18.3. The van der Waals surface area contributed by atoms with Crippen molar-refractivity contribution in [2.75, 3.05) is 6.61 Å². The first-order valence-electron chi connectivity index (χ1n) is 9.61. The molecule has 0 aromatic heterocycles. The summed E-state index contributed by atoms with van der Waals surface area (Å²) in [5.74, 6) is -0.262. The van der Waals surface area contributed by atoms with E-state index in [9.17, 15) is 23.2 Å². The average Bonchev–Trinajstić information content (AvgIpc) is 2.93. The lowest BCUT2D eigenvalue weighted by atomic mass is 9.92. The van der Waals surface area contributed by atoms with Crippen molar-refractivity contribution in [3.63, 3.8) is 0 Å². The van der Waals surface area contributed by atoms with Crippen molar-refractivity contribution < 1.29 is 32.6 Å². The molecule has 1 fully saturated rings. The molecule has 2 aromatic rings. The van der Waals surface area contributed by atoms with Crippen LogP contribution in [-0.4, -0.2) is 35.8 Å². The van der Waals surface area contributed by atoms with Gasteiger partial charge in [-0.3, -0.25) is 14.5 Å². The van der Waals surface area contributed by atoms with Gasteiger partial charge in [0.15, 0.2) is 5.78 Å². The van der Waals surface area contributed by atoms with Gasteiger partial charge in [-0.05, 0) is 56.7 Å². The van der Waals surface area contributed by atoms with Crippen molar-refractivity contribution in [1.82, 2.24) is 10.2 Å². The number of Topliss-reactive ketones (excluding diaryl/α,β-unsaturated/α-hetero) is 1. The fourth-order valence-corrected chi connectivity index (χ4v) is 3.39. The summed E-state index contributed by atoms with van der Waals surface area (Å²) < 4.78 is 34.6. The number of rotatable bonds is 8. The number of alkyl halides is 2. The first-order valence-corrected chi connectivity index (χ1v) is 9.61. The molecule has 1 atom stereocenters. The van der Waals surface area contributed by atoms with Crippen LogP contribution in [0.15, 0.2) is 42.5 Å². The highest BCUT2D eigenvalue weighted by Gasteiger charge is 2.49. The number of hydrogen-bond donors (Lipinski definition) is 1. The zero-order valence-electron chi connectivity index (χ0n) is 17.3. The van der Waals surface area contributed by atoms with Crippen LogP contribution >= 0.6 is 0 Å². The molecule has 164 valence electrons. The van der Waals surface area contributed by atoms with E-state index >= 15 is 0 Å². The van der Waals surface area contributed by atoms with Crippen LogP contribution in [0.3, 0.4) is 0 Å². The molecule has 1 heterocycles. The van der Waals surface area contributed by atoms with Crippen molar-refractivity contribution in [3.8, 4) is 11.5 Å². The fraction of sp³-hybridized carbons (Fsp3) is 0.318. The maximum atomic E-state index is 13.2. The number of urea groups is 1. The van der Waals surface area contributed by atoms with Crippen molar-refractivity contribution in [3.05, 3.63) is 59.2 Å². The lowest BCUT2D eigenvalue weighted by Gasteiger charge is -2.23. The molecule has 3 amide bonds. The molecule has 1 aliphatic heterocycles. The fourth-order valence-electron chi connectivity index (χ4n) is 3.39. The van der Waals surface area contributed by atoms with Gasteiger partial charge in [0.2, 0.25) is 0 Å². The second-order valence-corrected chi connectivity index (χ2v) is 7.16. The Balaban J connectivity index is 1.88. The Morgan fingerprint density at radius 3 is 2.42 bits per heavy atom. The molecule has 1 aliphatic rings. The smallest absolute Gasteiger partial charge is 0.387 e. The second kappa shape index (κ2) is 8.71. The zero-order chi connectivity index (χ0) is 22.8. The van der Waals surface area contributed by atoms with E-state index < -0.39 is 24.1 Å². The second-order valence-electron chi connectivity index (χ2n) is 7.16. The van der Waals surface area contributed by atoms with E-state index in [0.717, 1.165) is 4.90 Å². The highest BCUT2D eigenvalue weighted by Crippen LogP contribution is 2.32. The van der Waals surface area contributed by atoms with Gasteiger partial charge in [0, 0.05) is 11.1 Å². The van der Waals surface area contributed by atoms with Gasteiger partial charge in [0.25, 0.3) is 5.91 Å². The van der Waals surface area contributed by atoms with Crippen molar-refractivity contribution in [1.29, 1.82) is 0 Å². The van der Waals surface area contributed by atoms with Crippen molar-refractivity contribution in [2.45, 2.75) is 39.5 Å². The van der Waals surface area contributed by atoms with E-state index in [1.165, 1.54) is 38.1 Å². The molecule has 0 radical (unpaired) electrons. The summed E-state index contributed by atoms with van der Waals surface area (Å²) in [5.41, 5.74) is -0.0203. The monoisotopic (exact) mass is 432 g/mol. The number of nitrogens with one attached hydrogen (secondary N) is 1. The minimum Gasteiger partial charge on any atom is -0.494 e. The van der Waals surface area contributed by atoms with Crippen LogP contribution in [0.25, 0.3) is 0 Å². The number of ether oxygens (including phenoxy) is 2. The summed E-state index contributed by atoms with van der Waals surface area (Å²) >= 11 is 0. The van der Waals surface area contributed by atoms with Gasteiger partial charge in [0.05, 0.1) is 13.2 Å². The van der Waals surface area contributed by atoms with Gasteiger partial charge >= 0.3 is 12.6 Å². The predicted octanol–water partition coefficient (Wildman–Crippen LogP) is 3.86. The number of imide groups is 1. The summed E-state index contributed by atoms with van der Waals surface area (Å²) in [5, 5.41) is 2.66. The molecule has 0 unspecified atom stereocenters. The van der Waals surface area contributed by atoms with Crippen LogP contribution in [0.4, 0.5) is 13.6 Å². The molecule has 3 rings (SSSR count). The Kier molecular flexibility index (Phi) is 6.24. The number of benzene rings is 2. The highest BCUT2D eigenvalue weighted by molar-refractivity contribution is 6.07. The number of amides is 3. The van der Waals surface area contributed by atoms with E-state index in [2.05, 4.69) is 10.1 Å². The minimum absolute atomic E-state index is 0.0571. The average molecular weight is 432 g/mol. The van der Waals surface area contributed by atoms with Crippen LogP contribution in [0.2, 0.25) is 0 Å². The molecule has 0 aliphatic carbocycles. The third-order valence-corrected chi connectivity index (χ3v) is 5.03. The van der Waals surface area contributed by atoms with E-state index in [1.807, 2.05) is 0 Å². The predicted molar refractivity (Wildman–Crippen MR) is 107 cm³/mol. The number of halogens is 2. The van der Waals surface area contributed by atoms with E-state index in [-0.39, 0.29) is 18.1 Å². The molecule has 31 heavy (non-hydrogen) atoms. The number of hydrogen-bond acceptors (Lipinski definition) is 5. The number of nitrogens with zero attached hydrogens (tertiary/aromatic N) is 1. The standard InChI is InChI=1S/C22H22F2N2O5/c1-4-30-18-10-5-14(13(2)27)11-15(18)12-26-19(28)22(3,25-21(26)29)16-6-8-17(9-7-16)31-20(23)24/h5-11,20H,4,12H2,1-3H3,(H,25,29)/t22-/m0/s1. The highest BCUT2D eigenvalue weighted by atomic mass is 19.3. The minimum atomic E-state index is -2.96. The van der Waals surface area contributed by atoms with Crippen molar-refractivity contribution >= 4 is 17.7 Å². The number of carbonyl (C=O) groups is 3. The van der Waals surface area contributed by atoms with Crippen LogP contribution in [0, 0.1) is 0 Å². The third-order valence-electron chi connectivity index (χ3n) is 5.03. The summed E-state index contributed by atoms with van der Waals surface area (Å²) in [4.78, 5) is 38.6. The molecule has 2 aromatic carbocycles. The molecule has 0 spiro atoms. The lowest BCUT2D eigenvalue weighted by Crippen LogP contribution is -2.40. The molecule has 0 bridgehead atoms. The summed E-state index contributed by atoms with van der Waals surface area (Å²) in [6.45, 7) is 2.07. The quantitative estimate of drug-likeness (QED) is 0.506. The maximum absolute atomic E-state index is 13.2.